The molecule has 0 spiro atoms. The zero-order chi connectivity index (χ0) is 11.8. The number of carboxylic acid groups (broad SMARTS) is 1. The van der Waals surface area contributed by atoms with Gasteiger partial charge in [0.25, 0.3) is 0 Å². The van der Waals surface area contributed by atoms with Gasteiger partial charge >= 0.3 is 5.97 Å². The number of rotatable bonds is 3. The van der Waals surface area contributed by atoms with E-state index in [9.17, 15) is 4.79 Å². The van der Waals surface area contributed by atoms with Crippen LogP contribution in [0, 0.1) is 5.92 Å². The molecule has 2 aliphatic rings. The minimum Gasteiger partial charge on any atom is -0.481 e. The van der Waals surface area contributed by atoms with Crippen molar-refractivity contribution in [3.05, 3.63) is 11.8 Å². The highest BCUT2D eigenvalue weighted by Gasteiger charge is 2.28. The predicted molar refractivity (Wildman–Crippen MR) is 63.1 cm³/mol. The van der Waals surface area contributed by atoms with Crippen molar-refractivity contribution in [2.24, 2.45) is 5.92 Å². The van der Waals surface area contributed by atoms with Crippen molar-refractivity contribution in [3.63, 3.8) is 0 Å². The Morgan fingerprint density at radius 2 is 2.06 bits per heavy atom. The number of aromatic nitrogens is 2. The summed E-state index contributed by atoms with van der Waals surface area (Å²) < 4.78 is 0. The zero-order valence-corrected chi connectivity index (χ0v) is 9.72. The Morgan fingerprint density at radius 3 is 2.65 bits per heavy atom. The summed E-state index contributed by atoms with van der Waals surface area (Å²) in [4.78, 5) is 13.0. The molecule has 1 saturated heterocycles. The Morgan fingerprint density at radius 1 is 1.35 bits per heavy atom. The maximum atomic E-state index is 10.9. The second-order valence-electron chi connectivity index (χ2n) is 5.06. The molecule has 3 rings (SSSR count). The van der Waals surface area contributed by atoms with E-state index in [2.05, 4.69) is 21.2 Å². The van der Waals surface area contributed by atoms with Gasteiger partial charge in [-0.25, -0.2) is 0 Å². The summed E-state index contributed by atoms with van der Waals surface area (Å²) in [6, 6.07) is 2.12. The van der Waals surface area contributed by atoms with Gasteiger partial charge in [-0.15, -0.1) is 0 Å². The van der Waals surface area contributed by atoms with Crippen LogP contribution in [-0.2, 0) is 4.79 Å². The summed E-state index contributed by atoms with van der Waals surface area (Å²) in [7, 11) is 0. The zero-order valence-electron chi connectivity index (χ0n) is 9.72. The highest BCUT2D eigenvalue weighted by Crippen LogP contribution is 2.40. The van der Waals surface area contributed by atoms with Gasteiger partial charge in [-0.2, -0.15) is 5.10 Å². The first-order chi connectivity index (χ1) is 8.24. The quantitative estimate of drug-likeness (QED) is 0.834. The number of aliphatic carboxylic acids is 1. The van der Waals surface area contributed by atoms with E-state index < -0.39 is 5.97 Å². The molecular formula is C12H17N3O2. The number of nitrogens with one attached hydrogen (secondary N) is 1. The third-order valence-corrected chi connectivity index (χ3v) is 3.77. The Balaban J connectivity index is 1.63. The third-order valence-electron chi connectivity index (χ3n) is 3.77. The van der Waals surface area contributed by atoms with Gasteiger partial charge in [0, 0.05) is 30.8 Å². The van der Waals surface area contributed by atoms with Crippen LogP contribution in [0.1, 0.15) is 37.3 Å². The molecule has 1 aliphatic heterocycles. The summed E-state index contributed by atoms with van der Waals surface area (Å²) >= 11 is 0. The van der Waals surface area contributed by atoms with E-state index in [4.69, 9.17) is 5.11 Å². The van der Waals surface area contributed by atoms with Crippen molar-refractivity contribution < 1.29 is 9.90 Å². The second kappa shape index (κ2) is 4.05. The van der Waals surface area contributed by atoms with Crippen LogP contribution in [0.5, 0.6) is 0 Å². The summed E-state index contributed by atoms with van der Waals surface area (Å²) in [5.41, 5.74) is 1.24. The maximum absolute atomic E-state index is 10.9. The molecule has 1 aromatic rings. The van der Waals surface area contributed by atoms with Gasteiger partial charge in [0.05, 0.1) is 5.92 Å². The Labute approximate surface area is 99.8 Å². The van der Waals surface area contributed by atoms with E-state index in [-0.39, 0.29) is 5.92 Å². The first kappa shape index (κ1) is 10.6. The average Bonchev–Trinajstić information content (AvgIpc) is 3.07. The lowest BCUT2D eigenvalue weighted by atomic mass is 9.97. The van der Waals surface area contributed by atoms with Gasteiger partial charge in [-0.3, -0.25) is 9.89 Å². The number of carbonyl (C=O) groups is 1. The molecule has 92 valence electrons. The molecule has 0 bridgehead atoms. The van der Waals surface area contributed by atoms with E-state index in [1.807, 2.05) is 0 Å². The molecule has 0 radical (unpaired) electrons. The smallest absolute Gasteiger partial charge is 0.306 e. The van der Waals surface area contributed by atoms with Crippen molar-refractivity contribution in [1.82, 2.24) is 10.2 Å². The summed E-state index contributed by atoms with van der Waals surface area (Å²) in [6.07, 6.45) is 3.98. The molecule has 0 unspecified atom stereocenters. The molecule has 2 heterocycles. The van der Waals surface area contributed by atoms with Crippen LogP contribution in [0.2, 0.25) is 0 Å². The van der Waals surface area contributed by atoms with Crippen molar-refractivity contribution in [1.29, 1.82) is 0 Å². The van der Waals surface area contributed by atoms with Crippen LogP contribution in [0.3, 0.4) is 0 Å². The molecule has 0 aromatic carbocycles. The number of nitrogens with zero attached hydrogens (tertiary/aromatic N) is 2. The monoisotopic (exact) mass is 235 g/mol. The summed E-state index contributed by atoms with van der Waals surface area (Å²) in [6.45, 7) is 1.60. The Bertz CT molecular complexity index is 417. The van der Waals surface area contributed by atoms with Crippen molar-refractivity contribution in [2.75, 3.05) is 18.0 Å². The average molecular weight is 235 g/mol. The van der Waals surface area contributed by atoms with Gasteiger partial charge < -0.3 is 10.0 Å². The number of anilines is 1. The molecule has 1 aromatic heterocycles. The van der Waals surface area contributed by atoms with Gasteiger partial charge in [0.2, 0.25) is 0 Å². The van der Waals surface area contributed by atoms with Crippen LogP contribution in [0.4, 0.5) is 5.82 Å². The lowest BCUT2D eigenvalue weighted by molar-refractivity contribution is -0.142. The van der Waals surface area contributed by atoms with E-state index in [0.29, 0.717) is 5.92 Å². The summed E-state index contributed by atoms with van der Waals surface area (Å²) in [5, 5.41) is 16.4. The number of hydrogen-bond acceptors (Lipinski definition) is 3. The van der Waals surface area contributed by atoms with E-state index in [0.717, 1.165) is 31.7 Å². The fourth-order valence-corrected chi connectivity index (χ4v) is 2.45. The van der Waals surface area contributed by atoms with Gasteiger partial charge in [-0.1, -0.05) is 0 Å². The van der Waals surface area contributed by atoms with Crippen molar-refractivity contribution in [3.8, 4) is 0 Å². The van der Waals surface area contributed by atoms with E-state index in [1.54, 1.807) is 0 Å². The minimum absolute atomic E-state index is 0.173. The predicted octanol–water partition coefficient (Wildman–Crippen LogP) is 1.59. The molecule has 1 saturated carbocycles. The van der Waals surface area contributed by atoms with Crippen molar-refractivity contribution >= 4 is 11.8 Å². The SMILES string of the molecule is O=C(O)C1CCN(c2cc(C3CC3)[nH]n2)CC1. The highest BCUT2D eigenvalue weighted by molar-refractivity contribution is 5.70. The van der Waals surface area contributed by atoms with E-state index in [1.165, 1.54) is 18.5 Å². The fraction of sp³-hybridized carbons (Fsp3) is 0.667. The Kier molecular flexibility index (Phi) is 2.53. The molecule has 5 nitrogen and oxygen atoms in total. The van der Waals surface area contributed by atoms with Crippen molar-refractivity contribution in [2.45, 2.75) is 31.6 Å². The molecule has 2 N–H and O–H groups in total. The number of hydrogen-bond donors (Lipinski definition) is 2. The molecule has 2 fully saturated rings. The number of piperidine rings is 1. The van der Waals surface area contributed by atoms with Gasteiger partial charge in [0.1, 0.15) is 0 Å². The van der Waals surface area contributed by atoms with E-state index >= 15 is 0 Å². The lowest BCUT2D eigenvalue weighted by Crippen LogP contribution is -2.36. The van der Waals surface area contributed by atoms with Crippen LogP contribution in [0.15, 0.2) is 6.07 Å². The fourth-order valence-electron chi connectivity index (χ4n) is 2.45. The van der Waals surface area contributed by atoms with Gasteiger partial charge in [0.15, 0.2) is 5.82 Å². The molecule has 0 atom stereocenters. The molecule has 1 aliphatic carbocycles. The van der Waals surface area contributed by atoms with Crippen LogP contribution in [-0.4, -0.2) is 34.4 Å². The lowest BCUT2D eigenvalue weighted by Gasteiger charge is -2.29. The Hall–Kier alpha value is -1.52. The number of H-pyrrole nitrogens is 1. The molecule has 5 heteroatoms. The molecular weight excluding hydrogens is 218 g/mol. The topological polar surface area (TPSA) is 69.2 Å². The maximum Gasteiger partial charge on any atom is 0.306 e. The highest BCUT2D eigenvalue weighted by atomic mass is 16.4. The standard InChI is InChI=1S/C12H17N3O2/c16-12(17)9-3-5-15(6-4-9)11-7-10(13-14-11)8-1-2-8/h7-9H,1-6H2,(H,13,14)(H,16,17). The van der Waals surface area contributed by atoms with Crippen LogP contribution in [0.25, 0.3) is 0 Å². The van der Waals surface area contributed by atoms with Crippen LogP contribution < -0.4 is 4.90 Å². The normalized spacial score (nSPS) is 21.8. The number of aromatic amines is 1. The van der Waals surface area contributed by atoms with Crippen LogP contribution >= 0.6 is 0 Å². The molecule has 17 heavy (non-hydrogen) atoms. The first-order valence-corrected chi connectivity index (χ1v) is 6.27. The third kappa shape index (κ3) is 2.14. The van der Waals surface area contributed by atoms with Gasteiger partial charge in [-0.05, 0) is 25.7 Å². The number of carboxylic acids is 1. The minimum atomic E-state index is -0.662. The largest absolute Gasteiger partial charge is 0.481 e. The molecule has 0 amide bonds. The second-order valence-corrected chi connectivity index (χ2v) is 5.06. The first-order valence-electron chi connectivity index (χ1n) is 6.27. The summed E-state index contributed by atoms with van der Waals surface area (Å²) in [5.74, 6) is 0.835.